The molecule has 1 amide bonds. The number of carbonyl (C=O) groups excluding carboxylic acids is 3. The average Bonchev–Trinajstić information content (AvgIpc) is 2.83. The number of alkyl halides is 6. The largest absolute Gasteiger partial charge is 0.495 e. The van der Waals surface area contributed by atoms with Crippen molar-refractivity contribution >= 4 is 17.8 Å². The van der Waals surface area contributed by atoms with E-state index in [2.05, 4.69) is 20.1 Å². The Bertz CT molecular complexity index is 1200. The first kappa shape index (κ1) is 31.5. The van der Waals surface area contributed by atoms with E-state index in [0.29, 0.717) is 17.7 Å². The minimum atomic E-state index is -5.40. The lowest BCUT2D eigenvalue weighted by Crippen LogP contribution is -2.47. The molecule has 0 radical (unpaired) electrons. The molecule has 0 aliphatic heterocycles. The molecule has 8 nitrogen and oxygen atoms in total. The van der Waals surface area contributed by atoms with Gasteiger partial charge in [-0.15, -0.1) is 0 Å². The van der Waals surface area contributed by atoms with Crippen LogP contribution in [0.15, 0.2) is 36.5 Å². The quantitative estimate of drug-likeness (QED) is 0.262. The molecule has 0 aliphatic carbocycles. The molecule has 0 saturated carbocycles. The SMILES string of the molecule is CCC(Cc1ccnc(CNC(=O)c2ccc(C(F)(F)F)cc2F)c1)(OC(C)C)C(=O)OOC(=O)C(F)(F)F. The van der Waals surface area contributed by atoms with Gasteiger partial charge in [0.25, 0.3) is 5.91 Å². The fourth-order valence-electron chi connectivity index (χ4n) is 3.37. The van der Waals surface area contributed by atoms with Crippen molar-refractivity contribution < 1.29 is 59.6 Å². The van der Waals surface area contributed by atoms with Gasteiger partial charge >= 0.3 is 24.3 Å². The van der Waals surface area contributed by atoms with Gasteiger partial charge in [-0.25, -0.2) is 23.8 Å². The van der Waals surface area contributed by atoms with Gasteiger partial charge < -0.3 is 10.1 Å². The summed E-state index contributed by atoms with van der Waals surface area (Å²) in [7, 11) is 0. The van der Waals surface area contributed by atoms with Crippen LogP contribution in [0.2, 0.25) is 0 Å². The number of ether oxygens (including phenoxy) is 1. The number of nitrogens with one attached hydrogen (secondary N) is 1. The molecule has 1 unspecified atom stereocenters. The lowest BCUT2D eigenvalue weighted by atomic mass is 9.91. The van der Waals surface area contributed by atoms with Gasteiger partial charge in [-0.3, -0.25) is 9.78 Å². The summed E-state index contributed by atoms with van der Waals surface area (Å²) in [5.41, 5.74) is -3.26. The molecule has 2 rings (SSSR count). The second kappa shape index (κ2) is 12.4. The first-order chi connectivity index (χ1) is 18.0. The Morgan fingerprint density at radius 1 is 0.974 bits per heavy atom. The molecule has 0 saturated heterocycles. The summed E-state index contributed by atoms with van der Waals surface area (Å²) in [5, 5.41) is 2.31. The van der Waals surface area contributed by atoms with Crippen LogP contribution in [0.4, 0.5) is 30.7 Å². The van der Waals surface area contributed by atoms with E-state index < -0.39 is 58.8 Å². The summed E-state index contributed by atoms with van der Waals surface area (Å²) in [6.45, 7) is 4.28. The fraction of sp³-hybridized carbons (Fsp3) is 0.417. The highest BCUT2D eigenvalue weighted by molar-refractivity contribution is 5.94. The molecule has 0 spiro atoms. The monoisotopic (exact) mass is 568 g/mol. The third-order valence-electron chi connectivity index (χ3n) is 5.17. The third-order valence-corrected chi connectivity index (χ3v) is 5.17. The normalized spacial score (nSPS) is 13.5. The maximum absolute atomic E-state index is 14.1. The van der Waals surface area contributed by atoms with Gasteiger partial charge in [0.2, 0.25) is 0 Å². The zero-order chi connectivity index (χ0) is 29.6. The van der Waals surface area contributed by atoms with E-state index in [1.807, 2.05) is 0 Å². The number of halogens is 7. The Balaban J connectivity index is 2.18. The lowest BCUT2D eigenvalue weighted by molar-refractivity contribution is -0.296. The van der Waals surface area contributed by atoms with Gasteiger partial charge in [-0.1, -0.05) is 6.92 Å². The number of nitrogens with zero attached hydrogens (tertiary/aromatic N) is 1. The molecule has 15 heteroatoms. The van der Waals surface area contributed by atoms with E-state index in [1.54, 1.807) is 13.8 Å². The van der Waals surface area contributed by atoms with Crippen molar-refractivity contribution in [2.45, 2.75) is 64.2 Å². The first-order valence-corrected chi connectivity index (χ1v) is 11.2. The highest BCUT2D eigenvalue weighted by atomic mass is 19.4. The number of benzene rings is 1. The standard InChI is InChI=1S/C24H23F7N2O6/c1-4-22(37-13(2)3,20(35)38-39-21(36)24(29,30)31)11-14-7-8-32-16(9-14)12-33-19(34)17-6-5-15(10-18(17)25)23(26,27)28/h5-10,13H,4,11-12H2,1-3H3,(H,33,34). The maximum Gasteiger partial charge on any atom is 0.495 e. The molecule has 1 aromatic heterocycles. The summed E-state index contributed by atoms with van der Waals surface area (Å²) >= 11 is 0. The van der Waals surface area contributed by atoms with Crippen LogP contribution < -0.4 is 5.32 Å². The van der Waals surface area contributed by atoms with E-state index in [1.165, 1.54) is 25.3 Å². The smallest absolute Gasteiger partial charge is 0.360 e. The van der Waals surface area contributed by atoms with Crippen LogP contribution in [-0.2, 0) is 43.2 Å². The number of hydrogen-bond acceptors (Lipinski definition) is 7. The molecule has 1 N–H and O–H groups in total. The van der Waals surface area contributed by atoms with E-state index in [4.69, 9.17) is 4.74 Å². The van der Waals surface area contributed by atoms with Gasteiger partial charge in [-0.05, 0) is 56.2 Å². The van der Waals surface area contributed by atoms with Gasteiger partial charge in [0.05, 0.1) is 29.5 Å². The Morgan fingerprint density at radius 2 is 1.62 bits per heavy atom. The summed E-state index contributed by atoms with van der Waals surface area (Å²) in [6.07, 6.45) is -9.92. The van der Waals surface area contributed by atoms with Crippen LogP contribution in [0.5, 0.6) is 0 Å². The van der Waals surface area contributed by atoms with Crippen LogP contribution in [0.3, 0.4) is 0 Å². The molecule has 0 aliphatic rings. The topological polar surface area (TPSA) is 104 Å². The molecule has 214 valence electrons. The first-order valence-electron chi connectivity index (χ1n) is 11.2. The van der Waals surface area contributed by atoms with E-state index in [0.717, 1.165) is 0 Å². The lowest BCUT2D eigenvalue weighted by Gasteiger charge is -2.31. The van der Waals surface area contributed by atoms with Crippen LogP contribution in [-0.4, -0.2) is 40.7 Å². The van der Waals surface area contributed by atoms with Gasteiger partial charge in [-0.2, -0.15) is 26.3 Å². The van der Waals surface area contributed by atoms with E-state index in [-0.39, 0.29) is 31.1 Å². The molecule has 2 aromatic rings. The molecule has 1 heterocycles. The fourth-order valence-corrected chi connectivity index (χ4v) is 3.37. The van der Waals surface area contributed by atoms with Crippen molar-refractivity contribution in [2.24, 2.45) is 0 Å². The number of hydrogen-bond donors (Lipinski definition) is 1. The van der Waals surface area contributed by atoms with Gasteiger partial charge in [0, 0.05) is 12.6 Å². The van der Waals surface area contributed by atoms with Crippen molar-refractivity contribution in [1.29, 1.82) is 0 Å². The summed E-state index contributed by atoms with van der Waals surface area (Å²) in [6, 6.07) is 4.27. The Hall–Kier alpha value is -3.75. The average molecular weight is 568 g/mol. The molecule has 0 bridgehead atoms. The maximum atomic E-state index is 14.1. The number of carbonyl (C=O) groups is 3. The predicted molar refractivity (Wildman–Crippen MR) is 118 cm³/mol. The number of amides is 1. The predicted octanol–water partition coefficient (Wildman–Crippen LogP) is 4.85. The zero-order valence-corrected chi connectivity index (χ0v) is 20.7. The second-order valence-electron chi connectivity index (χ2n) is 8.46. The van der Waals surface area contributed by atoms with Crippen molar-refractivity contribution in [3.8, 4) is 0 Å². The zero-order valence-electron chi connectivity index (χ0n) is 20.7. The van der Waals surface area contributed by atoms with E-state index >= 15 is 0 Å². The Kier molecular flexibility index (Phi) is 10.0. The molecular formula is C24H23F7N2O6. The summed E-state index contributed by atoms with van der Waals surface area (Å²) < 4.78 is 95.1. The van der Waals surface area contributed by atoms with Crippen LogP contribution >= 0.6 is 0 Å². The van der Waals surface area contributed by atoms with Crippen LogP contribution in [0, 0.1) is 5.82 Å². The van der Waals surface area contributed by atoms with Crippen molar-refractivity contribution in [1.82, 2.24) is 10.3 Å². The van der Waals surface area contributed by atoms with Gasteiger partial charge in [0.15, 0.2) is 5.60 Å². The van der Waals surface area contributed by atoms with Crippen molar-refractivity contribution in [3.05, 3.63) is 64.7 Å². The van der Waals surface area contributed by atoms with E-state index in [9.17, 15) is 45.1 Å². The second-order valence-corrected chi connectivity index (χ2v) is 8.46. The summed E-state index contributed by atoms with van der Waals surface area (Å²) in [4.78, 5) is 47.7. The number of aromatic nitrogens is 1. The van der Waals surface area contributed by atoms with Crippen molar-refractivity contribution in [2.75, 3.05) is 0 Å². The van der Waals surface area contributed by atoms with Gasteiger partial charge in [0.1, 0.15) is 5.82 Å². The number of pyridine rings is 1. The van der Waals surface area contributed by atoms with Crippen LogP contribution in [0.1, 0.15) is 54.4 Å². The van der Waals surface area contributed by atoms with Crippen LogP contribution in [0.25, 0.3) is 0 Å². The highest BCUT2D eigenvalue weighted by Crippen LogP contribution is 2.30. The molecule has 1 atom stereocenters. The molecule has 39 heavy (non-hydrogen) atoms. The number of rotatable bonds is 9. The summed E-state index contributed by atoms with van der Waals surface area (Å²) in [5.74, 6) is -6.54. The Morgan fingerprint density at radius 3 is 2.15 bits per heavy atom. The third kappa shape index (κ3) is 8.63. The minimum absolute atomic E-state index is 0.116. The van der Waals surface area contributed by atoms with Crippen molar-refractivity contribution in [3.63, 3.8) is 0 Å². The highest BCUT2D eigenvalue weighted by Gasteiger charge is 2.46. The Labute approximate surface area is 217 Å². The molecule has 0 fully saturated rings. The molecule has 1 aromatic carbocycles. The minimum Gasteiger partial charge on any atom is -0.360 e. The molecular weight excluding hydrogens is 545 g/mol.